The monoisotopic (exact) mass is 831 g/mol. The molecule has 0 heterocycles. The standard InChI is InChI=1S/C43H61N9O8/c44-36(53)32(14-7-8-16-49-42(58)59-26-28-12-5-2-6-13-28)50-38(55)34(25-43-22-29-18-30(23-43)20-31(19-29)24-43)52-37(54)33(15-9-17-48-40(45)46)51-39(56)35(60-41(47)57)21-27-10-3-1-4-11-27/h1-6,10-13,29-35H,7-9,14-26H2,(H2,44,53)(H2,47,57)(H,49,58)(H,50,55)(H,51,56)(H,52,54)(H4,45,46,48)/t29?,30?,31?,32-,33+,34-,35-,43?/m0/s1. The third-order valence-corrected chi connectivity index (χ3v) is 11.9. The number of rotatable bonds is 23. The van der Waals surface area contributed by atoms with Gasteiger partial charge in [0.25, 0.3) is 5.91 Å². The number of benzene rings is 2. The zero-order valence-corrected chi connectivity index (χ0v) is 34.2. The first kappa shape index (κ1) is 45.2. The summed E-state index contributed by atoms with van der Waals surface area (Å²) < 4.78 is 10.4. The van der Waals surface area contributed by atoms with E-state index in [2.05, 4.69) is 26.3 Å². The average molecular weight is 832 g/mol. The van der Waals surface area contributed by atoms with Crippen LogP contribution in [0.1, 0.15) is 88.2 Å². The molecule has 4 saturated carbocycles. The first-order chi connectivity index (χ1) is 28.8. The van der Waals surface area contributed by atoms with Crippen LogP contribution < -0.4 is 44.2 Å². The lowest BCUT2D eigenvalue weighted by atomic mass is 9.48. The second-order valence-electron chi connectivity index (χ2n) is 16.8. The molecule has 6 rings (SSSR count). The van der Waals surface area contributed by atoms with E-state index in [9.17, 15) is 28.8 Å². The topological polar surface area (TPSA) is 285 Å². The lowest BCUT2D eigenvalue weighted by molar-refractivity contribution is -0.137. The summed E-state index contributed by atoms with van der Waals surface area (Å²) in [5, 5.41) is 11.2. The average Bonchev–Trinajstić information content (AvgIpc) is 3.19. The Morgan fingerprint density at radius 1 is 0.683 bits per heavy atom. The quantitative estimate of drug-likeness (QED) is 0.0460. The van der Waals surface area contributed by atoms with E-state index in [1.165, 1.54) is 19.3 Å². The number of unbranched alkanes of at least 4 members (excludes halogenated alkanes) is 1. The van der Waals surface area contributed by atoms with Crippen molar-refractivity contribution in [1.82, 2.24) is 21.3 Å². The molecule has 0 aromatic heterocycles. The minimum Gasteiger partial charge on any atom is -0.445 e. The minimum atomic E-state index is -1.35. The van der Waals surface area contributed by atoms with Crippen LogP contribution in [0.25, 0.3) is 0 Å². The maximum Gasteiger partial charge on any atom is 0.407 e. The van der Waals surface area contributed by atoms with Gasteiger partial charge in [-0.05, 0) is 111 Å². The van der Waals surface area contributed by atoms with Crippen LogP contribution in [0.3, 0.4) is 0 Å². The van der Waals surface area contributed by atoms with Crippen molar-refractivity contribution in [3.8, 4) is 0 Å². The van der Waals surface area contributed by atoms with Crippen LogP contribution in [0.4, 0.5) is 9.59 Å². The second-order valence-corrected chi connectivity index (χ2v) is 16.8. The van der Waals surface area contributed by atoms with Gasteiger partial charge in [0.05, 0.1) is 0 Å². The van der Waals surface area contributed by atoms with E-state index in [-0.39, 0.29) is 56.8 Å². The first-order valence-electron chi connectivity index (χ1n) is 21.0. The number of hydrogen-bond acceptors (Lipinski definition) is 9. The van der Waals surface area contributed by atoms with Gasteiger partial charge in [-0.3, -0.25) is 24.2 Å². The number of primary amides is 2. The van der Waals surface area contributed by atoms with Crippen molar-refractivity contribution >= 4 is 41.8 Å². The zero-order chi connectivity index (χ0) is 43.1. The van der Waals surface area contributed by atoms with Gasteiger partial charge >= 0.3 is 12.2 Å². The van der Waals surface area contributed by atoms with Crippen molar-refractivity contribution in [2.75, 3.05) is 13.1 Å². The molecule has 17 heteroatoms. The molecule has 0 unspecified atom stereocenters. The summed E-state index contributed by atoms with van der Waals surface area (Å²) in [6, 6.07) is 14.9. The first-order valence-corrected chi connectivity index (χ1v) is 21.0. The molecule has 60 heavy (non-hydrogen) atoms. The van der Waals surface area contributed by atoms with Crippen LogP contribution >= 0.6 is 0 Å². The molecule has 2 aromatic carbocycles. The van der Waals surface area contributed by atoms with E-state index in [0.717, 1.165) is 24.8 Å². The number of hydrogen-bond donors (Lipinski definition) is 8. The highest BCUT2D eigenvalue weighted by Gasteiger charge is 2.52. The SMILES string of the molecule is NC(=O)O[C@@H](Cc1ccccc1)C(=O)N[C@H](CCCN=C(N)N)C(=O)N[C@@H](CC12CC3CC(CC(C3)C1)C2)C(=O)N[C@@H](CCCCNC(=O)OCc1ccccc1)C(N)=O. The van der Waals surface area contributed by atoms with E-state index in [1.807, 2.05) is 30.3 Å². The van der Waals surface area contributed by atoms with Crippen LogP contribution in [-0.4, -0.2) is 79.1 Å². The van der Waals surface area contributed by atoms with Gasteiger partial charge in [-0.25, -0.2) is 9.59 Å². The molecule has 0 aliphatic heterocycles. The molecular formula is C43H61N9O8. The molecule has 4 fully saturated rings. The summed E-state index contributed by atoms with van der Waals surface area (Å²) in [6.45, 7) is 0.576. The highest BCUT2D eigenvalue weighted by atomic mass is 16.6. The van der Waals surface area contributed by atoms with E-state index < -0.39 is 60.0 Å². The number of nitrogens with two attached hydrogens (primary N) is 4. The molecule has 6 amide bonds. The molecular weight excluding hydrogens is 771 g/mol. The molecule has 12 N–H and O–H groups in total. The summed E-state index contributed by atoms with van der Waals surface area (Å²) >= 11 is 0. The number of guanidine groups is 1. The summed E-state index contributed by atoms with van der Waals surface area (Å²) in [6.07, 6.45) is 5.12. The molecule has 0 radical (unpaired) electrons. The largest absolute Gasteiger partial charge is 0.445 e. The fourth-order valence-electron chi connectivity index (χ4n) is 9.64. The number of carbonyl (C=O) groups excluding carboxylic acids is 6. The molecule has 0 saturated heterocycles. The van der Waals surface area contributed by atoms with Crippen molar-refractivity contribution in [3.05, 3.63) is 71.8 Å². The molecule has 2 aromatic rings. The Hall–Kier alpha value is -5.87. The maximum atomic E-state index is 14.3. The smallest absolute Gasteiger partial charge is 0.407 e. The van der Waals surface area contributed by atoms with Gasteiger partial charge in [-0.2, -0.15) is 0 Å². The van der Waals surface area contributed by atoms with Crippen molar-refractivity contribution in [3.63, 3.8) is 0 Å². The van der Waals surface area contributed by atoms with Gasteiger partial charge in [-0.1, -0.05) is 60.7 Å². The summed E-state index contributed by atoms with van der Waals surface area (Å²) in [7, 11) is 0. The van der Waals surface area contributed by atoms with Crippen LogP contribution in [0, 0.1) is 23.2 Å². The number of aliphatic imine (C=N–C) groups is 1. The Balaban J connectivity index is 1.26. The fourth-order valence-corrected chi connectivity index (χ4v) is 9.64. The number of nitrogens with zero attached hydrogens (tertiary/aromatic N) is 1. The van der Waals surface area contributed by atoms with Crippen LogP contribution in [0.5, 0.6) is 0 Å². The Bertz CT molecular complexity index is 1770. The molecule has 4 aliphatic carbocycles. The summed E-state index contributed by atoms with van der Waals surface area (Å²) in [5.74, 6) is -1.14. The van der Waals surface area contributed by atoms with Crippen molar-refractivity contribution in [2.24, 2.45) is 51.1 Å². The van der Waals surface area contributed by atoms with Gasteiger partial charge < -0.3 is 53.7 Å². The number of nitrogens with one attached hydrogen (secondary N) is 4. The highest BCUT2D eigenvalue weighted by molar-refractivity contribution is 5.94. The van der Waals surface area contributed by atoms with Crippen LogP contribution in [-0.2, 0) is 41.7 Å². The lowest BCUT2D eigenvalue weighted by Crippen LogP contribution is -2.59. The van der Waals surface area contributed by atoms with Crippen LogP contribution in [0.15, 0.2) is 65.7 Å². The predicted octanol–water partition coefficient (Wildman–Crippen LogP) is 2.39. The predicted molar refractivity (Wildman–Crippen MR) is 223 cm³/mol. The number of alkyl carbamates (subject to hydrolysis) is 1. The molecule has 326 valence electrons. The van der Waals surface area contributed by atoms with E-state index >= 15 is 0 Å². The Morgan fingerprint density at radius 3 is 1.82 bits per heavy atom. The third kappa shape index (κ3) is 14.2. The van der Waals surface area contributed by atoms with Gasteiger partial charge in [0.2, 0.25) is 17.7 Å². The second kappa shape index (κ2) is 21.9. The maximum absolute atomic E-state index is 14.3. The lowest BCUT2D eigenvalue weighted by Gasteiger charge is -2.57. The number of ether oxygens (including phenoxy) is 2. The number of amides is 6. The fraction of sp³-hybridized carbons (Fsp3) is 0.558. The molecule has 4 bridgehead atoms. The third-order valence-electron chi connectivity index (χ3n) is 11.9. The summed E-state index contributed by atoms with van der Waals surface area (Å²) in [5.41, 5.74) is 23.5. The Labute approximate surface area is 350 Å². The van der Waals surface area contributed by atoms with Crippen molar-refractivity contribution in [2.45, 2.75) is 114 Å². The van der Waals surface area contributed by atoms with E-state index in [4.69, 9.17) is 32.4 Å². The molecule has 4 aliphatic rings. The Morgan fingerprint density at radius 2 is 1.23 bits per heavy atom. The van der Waals surface area contributed by atoms with Gasteiger partial charge in [0, 0.05) is 19.5 Å². The number of carbonyl (C=O) groups is 6. The summed E-state index contributed by atoms with van der Waals surface area (Å²) in [4.78, 5) is 83.0. The minimum absolute atomic E-state index is 0.00207. The van der Waals surface area contributed by atoms with E-state index in [1.54, 1.807) is 30.3 Å². The van der Waals surface area contributed by atoms with Crippen LogP contribution in [0.2, 0.25) is 0 Å². The normalized spacial score (nSPS) is 21.9. The molecule has 4 atom stereocenters. The van der Waals surface area contributed by atoms with Crippen molar-refractivity contribution in [1.29, 1.82) is 0 Å². The van der Waals surface area contributed by atoms with Gasteiger partial charge in [-0.15, -0.1) is 0 Å². The Kier molecular flexibility index (Phi) is 16.5. The van der Waals surface area contributed by atoms with Gasteiger partial charge in [0.15, 0.2) is 12.1 Å². The molecule has 0 spiro atoms. The zero-order valence-electron chi connectivity index (χ0n) is 34.2. The van der Waals surface area contributed by atoms with Crippen molar-refractivity contribution < 1.29 is 38.2 Å². The van der Waals surface area contributed by atoms with E-state index in [0.29, 0.717) is 42.6 Å². The van der Waals surface area contributed by atoms with Gasteiger partial charge in [0.1, 0.15) is 24.7 Å². The highest BCUT2D eigenvalue weighted by Crippen LogP contribution is 2.61. The molecule has 17 nitrogen and oxygen atoms in total.